The Bertz CT molecular complexity index is 460. The molecule has 4 nitrogen and oxygen atoms in total. The number of nitrogens with one attached hydrogen (secondary N) is 2. The maximum atomic E-state index is 11.6. The van der Waals surface area contributed by atoms with Gasteiger partial charge in [0.25, 0.3) is 0 Å². The van der Waals surface area contributed by atoms with Gasteiger partial charge in [0.15, 0.2) is 0 Å². The van der Waals surface area contributed by atoms with Crippen LogP contribution in [0.25, 0.3) is 0 Å². The molecule has 1 heterocycles. The molecule has 0 spiro atoms. The maximum Gasteiger partial charge on any atom is 0.221 e. The van der Waals surface area contributed by atoms with Crippen molar-refractivity contribution in [2.45, 2.75) is 45.7 Å². The predicted molar refractivity (Wildman–Crippen MR) is 79.9 cm³/mol. The second-order valence-corrected chi connectivity index (χ2v) is 5.34. The first-order chi connectivity index (χ1) is 9.69. The molecule has 0 saturated carbocycles. The summed E-state index contributed by atoms with van der Waals surface area (Å²) < 4.78 is 5.48. The lowest BCUT2D eigenvalue weighted by atomic mass is 10.1. The Labute approximate surface area is 120 Å². The van der Waals surface area contributed by atoms with Crippen molar-refractivity contribution >= 4 is 5.91 Å². The molecule has 1 aliphatic rings. The highest BCUT2D eigenvalue weighted by atomic mass is 16.5. The van der Waals surface area contributed by atoms with Gasteiger partial charge in [-0.25, -0.2) is 0 Å². The molecule has 1 aromatic carbocycles. The number of benzene rings is 1. The zero-order chi connectivity index (χ0) is 14.4. The maximum absolute atomic E-state index is 11.6. The van der Waals surface area contributed by atoms with Crippen LogP contribution in [-0.4, -0.2) is 25.1 Å². The van der Waals surface area contributed by atoms with Gasteiger partial charge in [-0.15, -0.1) is 0 Å². The summed E-state index contributed by atoms with van der Waals surface area (Å²) in [6, 6.07) is 6.57. The Hall–Kier alpha value is -1.55. The summed E-state index contributed by atoms with van der Waals surface area (Å²) in [4.78, 5) is 11.6. The molecule has 1 aromatic rings. The van der Waals surface area contributed by atoms with E-state index in [0.717, 1.165) is 31.7 Å². The van der Waals surface area contributed by atoms with Gasteiger partial charge < -0.3 is 15.4 Å². The van der Waals surface area contributed by atoms with Crippen LogP contribution < -0.4 is 15.4 Å². The van der Waals surface area contributed by atoms with Gasteiger partial charge in [0.2, 0.25) is 5.91 Å². The summed E-state index contributed by atoms with van der Waals surface area (Å²) in [5.74, 6) is 1.14. The van der Waals surface area contributed by atoms with Crippen LogP contribution in [0.2, 0.25) is 0 Å². The van der Waals surface area contributed by atoms with E-state index >= 15 is 0 Å². The smallest absolute Gasteiger partial charge is 0.221 e. The molecule has 0 fully saturated rings. The zero-order valence-corrected chi connectivity index (χ0v) is 12.4. The molecule has 0 saturated heterocycles. The number of fused-ring (bicyclic) bond motifs is 1. The van der Waals surface area contributed by atoms with Crippen LogP contribution in [0, 0.1) is 0 Å². The second-order valence-electron chi connectivity index (χ2n) is 5.34. The van der Waals surface area contributed by atoms with Crippen LogP contribution in [-0.2, 0) is 17.8 Å². The highest BCUT2D eigenvalue weighted by molar-refractivity contribution is 5.76. The van der Waals surface area contributed by atoms with Gasteiger partial charge in [-0.3, -0.25) is 4.79 Å². The molecule has 1 aliphatic heterocycles. The summed E-state index contributed by atoms with van der Waals surface area (Å²) in [5.41, 5.74) is 2.54. The Morgan fingerprint density at radius 3 is 3.10 bits per heavy atom. The molecule has 0 bridgehead atoms. The zero-order valence-electron chi connectivity index (χ0n) is 12.4. The summed E-state index contributed by atoms with van der Waals surface area (Å²) >= 11 is 0. The van der Waals surface area contributed by atoms with E-state index in [1.165, 1.54) is 11.1 Å². The van der Waals surface area contributed by atoms with Gasteiger partial charge in [0, 0.05) is 32.0 Å². The first-order valence-corrected chi connectivity index (χ1v) is 7.43. The average molecular weight is 276 g/mol. The van der Waals surface area contributed by atoms with Crippen molar-refractivity contribution in [1.82, 2.24) is 10.6 Å². The molecule has 1 unspecified atom stereocenters. The number of rotatable bonds is 7. The number of hydrogen-bond acceptors (Lipinski definition) is 3. The lowest BCUT2D eigenvalue weighted by molar-refractivity contribution is -0.121. The number of hydrogen-bond donors (Lipinski definition) is 2. The third-order valence-electron chi connectivity index (χ3n) is 3.63. The van der Waals surface area contributed by atoms with Crippen LogP contribution in [0.15, 0.2) is 18.2 Å². The molecule has 4 heteroatoms. The van der Waals surface area contributed by atoms with E-state index < -0.39 is 0 Å². The molecule has 1 amide bonds. The number of amides is 1. The summed E-state index contributed by atoms with van der Waals surface area (Å²) in [7, 11) is 0. The average Bonchev–Trinajstić information content (AvgIpc) is 2.91. The fourth-order valence-corrected chi connectivity index (χ4v) is 2.23. The third kappa shape index (κ3) is 4.23. The molecule has 1 atom stereocenters. The summed E-state index contributed by atoms with van der Waals surface area (Å²) in [5, 5.41) is 6.28. The molecular weight excluding hydrogens is 252 g/mol. The van der Waals surface area contributed by atoms with Crippen molar-refractivity contribution in [3.8, 4) is 5.75 Å². The Morgan fingerprint density at radius 1 is 1.45 bits per heavy atom. The van der Waals surface area contributed by atoms with Crippen LogP contribution >= 0.6 is 0 Å². The Balaban J connectivity index is 1.67. The molecular formula is C16H24N2O2. The fraction of sp³-hybridized carbons (Fsp3) is 0.562. The minimum absolute atomic E-state index is 0.120. The number of ether oxygens (including phenoxy) is 1. The lowest BCUT2D eigenvalue weighted by Gasteiger charge is -2.11. The van der Waals surface area contributed by atoms with Crippen LogP contribution in [0.1, 0.15) is 37.8 Å². The Kier molecular flexibility index (Phi) is 5.41. The number of carbonyl (C=O) groups is 1. The van der Waals surface area contributed by atoms with E-state index in [9.17, 15) is 4.79 Å². The largest absolute Gasteiger partial charge is 0.493 e. The van der Waals surface area contributed by atoms with Crippen LogP contribution in [0.5, 0.6) is 5.75 Å². The highest BCUT2D eigenvalue weighted by Crippen LogP contribution is 2.25. The standard InChI is InChI=1S/C16H24N2O2/c1-3-12(2)18-16(19)6-8-17-11-13-4-5-15-14(10-13)7-9-20-15/h4-5,10,12,17H,3,6-9,11H2,1-2H3,(H,18,19). The van der Waals surface area contributed by atoms with E-state index in [1.54, 1.807) is 0 Å². The highest BCUT2D eigenvalue weighted by Gasteiger charge is 2.11. The van der Waals surface area contributed by atoms with Gasteiger partial charge in [-0.2, -0.15) is 0 Å². The van der Waals surface area contributed by atoms with E-state index in [1.807, 2.05) is 13.0 Å². The van der Waals surface area contributed by atoms with Gasteiger partial charge in [0.05, 0.1) is 6.61 Å². The van der Waals surface area contributed by atoms with Gasteiger partial charge in [-0.05, 0) is 30.5 Å². The van der Waals surface area contributed by atoms with Crippen LogP contribution in [0.3, 0.4) is 0 Å². The van der Waals surface area contributed by atoms with Crippen molar-refractivity contribution in [2.75, 3.05) is 13.2 Å². The minimum Gasteiger partial charge on any atom is -0.493 e. The quantitative estimate of drug-likeness (QED) is 0.749. The van der Waals surface area contributed by atoms with Crippen molar-refractivity contribution in [3.63, 3.8) is 0 Å². The molecule has 2 rings (SSSR count). The van der Waals surface area contributed by atoms with Crippen molar-refractivity contribution in [2.24, 2.45) is 0 Å². The SMILES string of the molecule is CCC(C)NC(=O)CCNCc1ccc2c(c1)CCO2. The lowest BCUT2D eigenvalue weighted by Crippen LogP contribution is -2.33. The van der Waals surface area contributed by atoms with Crippen molar-refractivity contribution in [3.05, 3.63) is 29.3 Å². The van der Waals surface area contributed by atoms with Crippen LogP contribution in [0.4, 0.5) is 0 Å². The van der Waals surface area contributed by atoms with Gasteiger partial charge in [0.1, 0.15) is 5.75 Å². The third-order valence-corrected chi connectivity index (χ3v) is 3.63. The monoisotopic (exact) mass is 276 g/mol. The number of carbonyl (C=O) groups excluding carboxylic acids is 1. The normalized spacial score (nSPS) is 14.5. The van der Waals surface area contributed by atoms with Crippen molar-refractivity contribution in [1.29, 1.82) is 0 Å². The Morgan fingerprint density at radius 2 is 2.30 bits per heavy atom. The summed E-state index contributed by atoms with van der Waals surface area (Å²) in [6.07, 6.45) is 2.50. The van der Waals surface area contributed by atoms with Crippen molar-refractivity contribution < 1.29 is 9.53 Å². The molecule has 0 aromatic heterocycles. The van der Waals surface area contributed by atoms with E-state index in [0.29, 0.717) is 13.0 Å². The molecule has 0 aliphatic carbocycles. The second kappa shape index (κ2) is 7.29. The molecule has 0 radical (unpaired) electrons. The fourth-order valence-electron chi connectivity index (χ4n) is 2.23. The van der Waals surface area contributed by atoms with E-state index in [-0.39, 0.29) is 11.9 Å². The topological polar surface area (TPSA) is 50.4 Å². The molecule has 110 valence electrons. The first kappa shape index (κ1) is 14.9. The first-order valence-electron chi connectivity index (χ1n) is 7.43. The minimum atomic E-state index is 0.120. The van der Waals surface area contributed by atoms with E-state index in [2.05, 4.69) is 29.7 Å². The van der Waals surface area contributed by atoms with Gasteiger partial charge in [-0.1, -0.05) is 19.1 Å². The van der Waals surface area contributed by atoms with Gasteiger partial charge >= 0.3 is 0 Å². The predicted octanol–water partition coefficient (Wildman–Crippen LogP) is 2.02. The van der Waals surface area contributed by atoms with E-state index in [4.69, 9.17) is 4.74 Å². The molecule has 2 N–H and O–H groups in total. The summed E-state index contributed by atoms with van der Waals surface area (Å²) in [6.45, 7) is 6.39. The molecule has 20 heavy (non-hydrogen) atoms.